The van der Waals surface area contributed by atoms with Gasteiger partial charge in [0.1, 0.15) is 0 Å². The van der Waals surface area contributed by atoms with Gasteiger partial charge in [0.05, 0.1) is 0 Å². The highest BCUT2D eigenvalue weighted by Gasteiger charge is 2.18. The van der Waals surface area contributed by atoms with Gasteiger partial charge in [0, 0.05) is 17.0 Å². The van der Waals surface area contributed by atoms with Gasteiger partial charge in [-0.1, -0.05) is 48.6 Å². The third kappa shape index (κ3) is 3.67. The molecule has 0 bridgehead atoms. The van der Waals surface area contributed by atoms with E-state index in [-0.39, 0.29) is 5.91 Å². The first-order valence-electron chi connectivity index (χ1n) is 8.47. The number of halogens is 1. The summed E-state index contributed by atoms with van der Waals surface area (Å²) in [4.78, 5) is 12.8. The molecule has 1 aliphatic carbocycles. The lowest BCUT2D eigenvalue weighted by Gasteiger charge is -2.07. The molecular formula is C17H18ClN5OS. The zero-order valence-corrected chi connectivity index (χ0v) is 15.2. The number of hydrogen-bond donors (Lipinski definition) is 1. The third-order valence-corrected chi connectivity index (χ3v) is 5.66. The van der Waals surface area contributed by atoms with Crippen LogP contribution in [0.3, 0.4) is 0 Å². The van der Waals surface area contributed by atoms with Crippen molar-refractivity contribution in [3.05, 3.63) is 29.3 Å². The van der Waals surface area contributed by atoms with E-state index in [1.165, 1.54) is 37.0 Å². The maximum Gasteiger partial charge on any atom is 0.236 e. The van der Waals surface area contributed by atoms with Gasteiger partial charge in [-0.05, 0) is 36.6 Å². The minimum absolute atomic E-state index is 0.0184. The summed E-state index contributed by atoms with van der Waals surface area (Å²) in [5.74, 6) is 1.36. The van der Waals surface area contributed by atoms with Crippen molar-refractivity contribution in [3.8, 4) is 11.4 Å². The van der Waals surface area contributed by atoms with Crippen molar-refractivity contribution >= 4 is 38.9 Å². The van der Waals surface area contributed by atoms with E-state index in [1.54, 1.807) is 16.6 Å². The monoisotopic (exact) mass is 375 g/mol. The molecule has 2 heterocycles. The maximum absolute atomic E-state index is 12.2. The average molecular weight is 376 g/mol. The Labute approximate surface area is 154 Å². The lowest BCUT2D eigenvalue weighted by atomic mass is 10.0. The maximum atomic E-state index is 12.2. The summed E-state index contributed by atoms with van der Waals surface area (Å²) in [6.45, 7) is 0. The number of carbonyl (C=O) groups is 1. The van der Waals surface area contributed by atoms with E-state index in [2.05, 4.69) is 20.6 Å². The van der Waals surface area contributed by atoms with Crippen molar-refractivity contribution in [2.24, 2.45) is 5.92 Å². The van der Waals surface area contributed by atoms with Gasteiger partial charge < -0.3 is 5.32 Å². The van der Waals surface area contributed by atoms with Crippen LogP contribution in [0.2, 0.25) is 5.02 Å². The number of carbonyl (C=O) groups excluding carboxylic acids is 1. The van der Waals surface area contributed by atoms with Crippen molar-refractivity contribution in [1.29, 1.82) is 0 Å². The Morgan fingerprint density at radius 3 is 2.76 bits per heavy atom. The van der Waals surface area contributed by atoms with Gasteiger partial charge in [-0.3, -0.25) is 4.79 Å². The summed E-state index contributed by atoms with van der Waals surface area (Å²) < 4.78 is 1.65. The minimum Gasteiger partial charge on any atom is -0.301 e. The van der Waals surface area contributed by atoms with Crippen LogP contribution in [0.25, 0.3) is 16.3 Å². The number of nitrogens with zero attached hydrogens (tertiary/aromatic N) is 4. The molecule has 0 saturated heterocycles. The van der Waals surface area contributed by atoms with Gasteiger partial charge in [0.2, 0.25) is 16.0 Å². The molecule has 6 nitrogen and oxygen atoms in total. The van der Waals surface area contributed by atoms with Crippen LogP contribution in [0.4, 0.5) is 5.13 Å². The number of nitrogens with one attached hydrogen (secondary N) is 1. The number of fused-ring (bicyclic) bond motifs is 1. The zero-order chi connectivity index (χ0) is 17.2. The molecule has 1 saturated carbocycles. The van der Waals surface area contributed by atoms with Crippen molar-refractivity contribution in [1.82, 2.24) is 19.8 Å². The molecule has 0 unspecified atom stereocenters. The number of benzene rings is 1. The number of aromatic nitrogens is 4. The molecule has 1 fully saturated rings. The van der Waals surface area contributed by atoms with Crippen molar-refractivity contribution in [2.45, 2.75) is 38.5 Å². The van der Waals surface area contributed by atoms with Crippen LogP contribution >= 0.6 is 22.9 Å². The summed E-state index contributed by atoms with van der Waals surface area (Å²) >= 11 is 7.25. The van der Waals surface area contributed by atoms with Gasteiger partial charge in [-0.2, -0.15) is 4.52 Å². The van der Waals surface area contributed by atoms with E-state index < -0.39 is 0 Å². The quantitative estimate of drug-likeness (QED) is 0.716. The second-order valence-corrected chi connectivity index (χ2v) is 7.76. The van der Waals surface area contributed by atoms with Crippen molar-refractivity contribution in [2.75, 3.05) is 5.32 Å². The SMILES string of the molecule is O=C(CCC1CCCC1)Nc1nn2c(-c3ccc(Cl)cc3)nnc2s1. The highest BCUT2D eigenvalue weighted by Crippen LogP contribution is 2.29. The molecule has 0 radical (unpaired) electrons. The fraction of sp³-hybridized carbons (Fsp3) is 0.412. The summed E-state index contributed by atoms with van der Waals surface area (Å²) in [6, 6.07) is 7.35. The van der Waals surface area contributed by atoms with Gasteiger partial charge in [-0.25, -0.2) is 0 Å². The van der Waals surface area contributed by atoms with Crippen LogP contribution in [-0.2, 0) is 4.79 Å². The Hall–Kier alpha value is -1.99. The molecule has 3 aromatic rings. The molecule has 4 rings (SSSR count). The van der Waals surface area contributed by atoms with Crippen LogP contribution in [0.15, 0.2) is 24.3 Å². The number of hydrogen-bond acceptors (Lipinski definition) is 5. The van der Waals surface area contributed by atoms with E-state index in [4.69, 9.17) is 11.6 Å². The predicted molar refractivity (Wildman–Crippen MR) is 98.9 cm³/mol. The van der Waals surface area contributed by atoms with E-state index in [9.17, 15) is 4.79 Å². The molecule has 0 spiro atoms. The fourth-order valence-electron chi connectivity index (χ4n) is 3.26. The van der Waals surface area contributed by atoms with Crippen LogP contribution < -0.4 is 5.32 Å². The van der Waals surface area contributed by atoms with E-state index >= 15 is 0 Å². The highest BCUT2D eigenvalue weighted by molar-refractivity contribution is 7.20. The van der Waals surface area contributed by atoms with Gasteiger partial charge in [0.25, 0.3) is 0 Å². The van der Waals surface area contributed by atoms with E-state index in [0.717, 1.165) is 12.0 Å². The number of rotatable bonds is 5. The first-order chi connectivity index (χ1) is 12.2. The molecule has 25 heavy (non-hydrogen) atoms. The zero-order valence-electron chi connectivity index (χ0n) is 13.6. The standard InChI is InChI=1S/C17H18ClN5OS/c18-13-8-6-12(7-9-13)15-20-21-17-23(15)22-16(25-17)19-14(24)10-5-11-3-1-2-4-11/h6-9,11H,1-5,10H2,(H,19,22,24). The Morgan fingerprint density at radius 2 is 2.00 bits per heavy atom. The van der Waals surface area contributed by atoms with Crippen LogP contribution in [0.5, 0.6) is 0 Å². The van der Waals surface area contributed by atoms with E-state index in [0.29, 0.717) is 33.3 Å². The van der Waals surface area contributed by atoms with Gasteiger partial charge >= 0.3 is 0 Å². The minimum atomic E-state index is 0.0184. The highest BCUT2D eigenvalue weighted by atomic mass is 35.5. The molecule has 1 aromatic carbocycles. The normalized spacial score (nSPS) is 15.1. The lowest BCUT2D eigenvalue weighted by Crippen LogP contribution is -2.12. The van der Waals surface area contributed by atoms with E-state index in [1.807, 2.05) is 12.1 Å². The van der Waals surface area contributed by atoms with Gasteiger partial charge in [-0.15, -0.1) is 15.3 Å². The summed E-state index contributed by atoms with van der Waals surface area (Å²) in [7, 11) is 0. The number of amides is 1. The Bertz CT molecular complexity index is 882. The second-order valence-electron chi connectivity index (χ2n) is 6.37. The topological polar surface area (TPSA) is 72.2 Å². The Balaban J connectivity index is 1.46. The molecule has 0 aliphatic heterocycles. The summed E-state index contributed by atoms with van der Waals surface area (Å²) in [6.07, 6.45) is 6.64. The summed E-state index contributed by atoms with van der Waals surface area (Å²) in [5, 5.41) is 16.8. The smallest absolute Gasteiger partial charge is 0.236 e. The largest absolute Gasteiger partial charge is 0.301 e. The Morgan fingerprint density at radius 1 is 1.24 bits per heavy atom. The lowest BCUT2D eigenvalue weighted by molar-refractivity contribution is -0.116. The molecule has 8 heteroatoms. The average Bonchev–Trinajstić information content (AvgIpc) is 3.31. The van der Waals surface area contributed by atoms with Crippen LogP contribution in [-0.4, -0.2) is 25.7 Å². The number of anilines is 1. The first-order valence-corrected chi connectivity index (χ1v) is 9.66. The van der Waals surface area contributed by atoms with Crippen LogP contribution in [0, 0.1) is 5.92 Å². The molecular weight excluding hydrogens is 358 g/mol. The predicted octanol–water partition coefficient (Wildman–Crippen LogP) is 4.42. The fourth-order valence-corrected chi connectivity index (χ4v) is 4.14. The molecule has 0 atom stereocenters. The molecule has 130 valence electrons. The van der Waals surface area contributed by atoms with Gasteiger partial charge in [0.15, 0.2) is 5.82 Å². The van der Waals surface area contributed by atoms with Crippen molar-refractivity contribution in [3.63, 3.8) is 0 Å². The first kappa shape index (κ1) is 16.5. The van der Waals surface area contributed by atoms with Crippen molar-refractivity contribution < 1.29 is 4.79 Å². The summed E-state index contributed by atoms with van der Waals surface area (Å²) in [5.41, 5.74) is 0.876. The second kappa shape index (κ2) is 7.09. The molecule has 2 aromatic heterocycles. The third-order valence-electron chi connectivity index (χ3n) is 4.59. The molecule has 1 aliphatic rings. The molecule has 1 amide bonds. The molecule has 1 N–H and O–H groups in total. The van der Waals surface area contributed by atoms with Crippen LogP contribution in [0.1, 0.15) is 38.5 Å². The Kier molecular flexibility index (Phi) is 4.67.